The number of carbonyl (C=O) groups is 1. The van der Waals surface area contributed by atoms with Crippen molar-refractivity contribution in [3.05, 3.63) is 69.8 Å². The van der Waals surface area contributed by atoms with Gasteiger partial charge in [0.15, 0.2) is 0 Å². The number of benzene rings is 2. The minimum Gasteiger partial charge on any atom is -0.399 e. The van der Waals surface area contributed by atoms with Crippen molar-refractivity contribution in [1.82, 2.24) is 5.32 Å². The minimum atomic E-state index is -0.494. The Morgan fingerprint density at radius 2 is 1.92 bits per heavy atom. The van der Waals surface area contributed by atoms with Crippen LogP contribution in [0.1, 0.15) is 5.56 Å². The van der Waals surface area contributed by atoms with Gasteiger partial charge in [-0.25, -0.2) is 0 Å². The summed E-state index contributed by atoms with van der Waals surface area (Å²) in [5.74, 6) is -0.494. The molecule has 4 N–H and O–H groups in total. The van der Waals surface area contributed by atoms with E-state index in [4.69, 9.17) is 34.2 Å². The van der Waals surface area contributed by atoms with Crippen molar-refractivity contribution < 1.29 is 4.79 Å². The van der Waals surface area contributed by atoms with Gasteiger partial charge in [0.2, 0.25) is 0 Å². The first-order valence-electron chi connectivity index (χ1n) is 6.94. The summed E-state index contributed by atoms with van der Waals surface area (Å²) in [7, 11) is 0. The molecule has 0 fully saturated rings. The van der Waals surface area contributed by atoms with Crippen molar-refractivity contribution in [2.45, 2.75) is 6.54 Å². The summed E-state index contributed by atoms with van der Waals surface area (Å²) in [5.41, 5.74) is 7.48. The molecule has 0 aliphatic carbocycles. The molecule has 0 unspecified atom stereocenters. The van der Waals surface area contributed by atoms with Crippen LogP contribution in [0.4, 0.5) is 11.4 Å². The molecule has 2 rings (SSSR count). The van der Waals surface area contributed by atoms with Gasteiger partial charge in [-0.2, -0.15) is 5.26 Å². The molecule has 0 radical (unpaired) electrons. The van der Waals surface area contributed by atoms with Crippen molar-refractivity contribution in [3.63, 3.8) is 0 Å². The van der Waals surface area contributed by atoms with E-state index in [1.807, 2.05) is 6.07 Å². The van der Waals surface area contributed by atoms with Crippen molar-refractivity contribution >= 4 is 40.5 Å². The Labute approximate surface area is 149 Å². The number of nitrogens with two attached hydrogens (primary N) is 1. The number of rotatable bonds is 5. The molecule has 0 spiro atoms. The number of anilines is 2. The molecule has 0 aliphatic heterocycles. The van der Waals surface area contributed by atoms with Gasteiger partial charge in [-0.05, 0) is 35.9 Å². The third-order valence-electron chi connectivity index (χ3n) is 3.10. The highest BCUT2D eigenvalue weighted by atomic mass is 35.5. The van der Waals surface area contributed by atoms with Crippen LogP contribution in [0.25, 0.3) is 0 Å². The molecule has 5 nitrogen and oxygen atoms in total. The van der Waals surface area contributed by atoms with Crippen LogP contribution in [0.3, 0.4) is 0 Å². The number of nitrogen functional groups attached to an aromatic ring is 1. The molecule has 122 valence electrons. The maximum atomic E-state index is 12.1. The fraction of sp³-hybridized carbons (Fsp3) is 0.0588. The van der Waals surface area contributed by atoms with E-state index in [0.717, 1.165) is 5.56 Å². The first kappa shape index (κ1) is 17.7. The summed E-state index contributed by atoms with van der Waals surface area (Å²) < 4.78 is 0. The highest BCUT2D eigenvalue weighted by molar-refractivity contribution is 6.33. The van der Waals surface area contributed by atoms with Crippen LogP contribution < -0.4 is 16.4 Å². The minimum absolute atomic E-state index is 0.0724. The number of halogens is 2. The number of amides is 1. The molecule has 2 aromatic rings. The second kappa shape index (κ2) is 8.25. The van der Waals surface area contributed by atoms with Crippen LogP contribution in [0.5, 0.6) is 0 Å². The van der Waals surface area contributed by atoms with Crippen LogP contribution in [0, 0.1) is 11.3 Å². The van der Waals surface area contributed by atoms with E-state index in [9.17, 15) is 4.79 Å². The van der Waals surface area contributed by atoms with Gasteiger partial charge < -0.3 is 16.4 Å². The van der Waals surface area contributed by atoms with Gasteiger partial charge in [0, 0.05) is 23.5 Å². The number of nitrogens with one attached hydrogen (secondary N) is 2. The molecule has 0 saturated carbocycles. The molecule has 0 saturated heterocycles. The van der Waals surface area contributed by atoms with E-state index in [0.29, 0.717) is 21.4 Å². The molecule has 0 bridgehead atoms. The SMILES string of the molecule is N#C/C(=C/Nc1ccc(N)cc1Cl)C(=O)NCc1ccc(Cl)cc1. The van der Waals surface area contributed by atoms with Gasteiger partial charge in [0.25, 0.3) is 5.91 Å². The molecule has 2 aromatic carbocycles. The lowest BCUT2D eigenvalue weighted by Crippen LogP contribution is -2.24. The Kier molecular flexibility index (Phi) is 6.07. The zero-order valence-electron chi connectivity index (χ0n) is 12.5. The Morgan fingerprint density at radius 1 is 1.21 bits per heavy atom. The first-order valence-corrected chi connectivity index (χ1v) is 7.69. The smallest absolute Gasteiger partial charge is 0.263 e. The van der Waals surface area contributed by atoms with Crippen LogP contribution in [-0.2, 0) is 11.3 Å². The van der Waals surface area contributed by atoms with Crippen LogP contribution in [0.15, 0.2) is 54.2 Å². The van der Waals surface area contributed by atoms with Crippen molar-refractivity contribution in [2.24, 2.45) is 0 Å². The lowest BCUT2D eigenvalue weighted by Gasteiger charge is -2.07. The molecule has 0 aromatic heterocycles. The van der Waals surface area contributed by atoms with E-state index >= 15 is 0 Å². The molecule has 24 heavy (non-hydrogen) atoms. The monoisotopic (exact) mass is 360 g/mol. The summed E-state index contributed by atoms with van der Waals surface area (Å²) in [6.45, 7) is 0.289. The molecular formula is C17H14Cl2N4O. The predicted molar refractivity (Wildman–Crippen MR) is 96.5 cm³/mol. The molecule has 0 heterocycles. The topological polar surface area (TPSA) is 90.9 Å². The summed E-state index contributed by atoms with van der Waals surface area (Å²) in [4.78, 5) is 12.1. The average Bonchev–Trinajstić information content (AvgIpc) is 2.56. The Bertz CT molecular complexity index is 810. The fourth-order valence-corrected chi connectivity index (χ4v) is 2.20. The normalized spacial score (nSPS) is 10.8. The Hall–Kier alpha value is -2.68. The number of hydrogen-bond donors (Lipinski definition) is 3. The number of carbonyl (C=O) groups excluding carboxylic acids is 1. The second-order valence-corrected chi connectivity index (χ2v) is 5.71. The Balaban J connectivity index is 2.00. The number of nitriles is 1. The predicted octanol–water partition coefficient (Wildman–Crippen LogP) is 3.71. The maximum Gasteiger partial charge on any atom is 0.263 e. The third-order valence-corrected chi connectivity index (χ3v) is 3.66. The van der Waals surface area contributed by atoms with Crippen molar-refractivity contribution in [2.75, 3.05) is 11.1 Å². The molecule has 0 aliphatic rings. The van der Waals surface area contributed by atoms with Gasteiger partial charge in [-0.3, -0.25) is 4.79 Å². The fourth-order valence-electron chi connectivity index (χ4n) is 1.83. The first-order chi connectivity index (χ1) is 11.5. The second-order valence-electron chi connectivity index (χ2n) is 4.86. The third kappa shape index (κ3) is 4.92. The highest BCUT2D eigenvalue weighted by Gasteiger charge is 2.09. The summed E-state index contributed by atoms with van der Waals surface area (Å²) in [5, 5.41) is 15.6. The molecule has 0 atom stereocenters. The van der Waals surface area contributed by atoms with Gasteiger partial charge in [-0.1, -0.05) is 35.3 Å². The van der Waals surface area contributed by atoms with E-state index < -0.39 is 5.91 Å². The van der Waals surface area contributed by atoms with Crippen LogP contribution in [0.2, 0.25) is 10.0 Å². The summed E-state index contributed by atoms with van der Waals surface area (Å²) in [6, 6.07) is 13.8. The van der Waals surface area contributed by atoms with Gasteiger partial charge >= 0.3 is 0 Å². The van der Waals surface area contributed by atoms with E-state index in [-0.39, 0.29) is 12.1 Å². The zero-order chi connectivity index (χ0) is 17.5. The van der Waals surface area contributed by atoms with Crippen LogP contribution >= 0.6 is 23.2 Å². The summed E-state index contributed by atoms with van der Waals surface area (Å²) >= 11 is 11.8. The number of nitrogens with zero attached hydrogens (tertiary/aromatic N) is 1. The highest BCUT2D eigenvalue weighted by Crippen LogP contribution is 2.24. The van der Waals surface area contributed by atoms with E-state index in [1.54, 1.807) is 42.5 Å². The largest absolute Gasteiger partial charge is 0.399 e. The van der Waals surface area contributed by atoms with Gasteiger partial charge in [0.1, 0.15) is 11.6 Å². The average molecular weight is 361 g/mol. The molecule has 1 amide bonds. The van der Waals surface area contributed by atoms with E-state index in [2.05, 4.69) is 10.6 Å². The maximum absolute atomic E-state index is 12.1. The lowest BCUT2D eigenvalue weighted by atomic mass is 10.2. The molecular weight excluding hydrogens is 347 g/mol. The summed E-state index contributed by atoms with van der Waals surface area (Å²) in [6.07, 6.45) is 1.30. The van der Waals surface area contributed by atoms with Gasteiger partial charge in [0.05, 0.1) is 10.7 Å². The molecule has 7 heteroatoms. The van der Waals surface area contributed by atoms with E-state index in [1.165, 1.54) is 6.20 Å². The zero-order valence-corrected chi connectivity index (χ0v) is 14.0. The standard InChI is InChI=1S/C17H14Cl2N4O/c18-13-3-1-11(2-4-13)9-23-17(24)12(8-20)10-22-16-6-5-14(21)7-15(16)19/h1-7,10,22H,9,21H2,(H,23,24)/b12-10-. The lowest BCUT2D eigenvalue weighted by molar-refractivity contribution is -0.117. The Morgan fingerprint density at radius 3 is 2.54 bits per heavy atom. The van der Waals surface area contributed by atoms with Crippen LogP contribution in [-0.4, -0.2) is 5.91 Å². The number of hydrogen-bond acceptors (Lipinski definition) is 4. The van der Waals surface area contributed by atoms with Crippen molar-refractivity contribution in [3.8, 4) is 6.07 Å². The van der Waals surface area contributed by atoms with Gasteiger partial charge in [-0.15, -0.1) is 0 Å². The quantitative estimate of drug-likeness (QED) is 0.430. The van der Waals surface area contributed by atoms with Crippen molar-refractivity contribution in [1.29, 1.82) is 5.26 Å².